The van der Waals surface area contributed by atoms with Crippen molar-refractivity contribution in [3.63, 3.8) is 0 Å². The van der Waals surface area contributed by atoms with Crippen LogP contribution in [0, 0.1) is 0 Å². The molecule has 0 spiro atoms. The Labute approximate surface area is 94.3 Å². The summed E-state index contributed by atoms with van der Waals surface area (Å²) in [6.07, 6.45) is 3.98. The largest absolute Gasteiger partial charge is 0.340 e. The first-order chi connectivity index (χ1) is 7.58. The summed E-state index contributed by atoms with van der Waals surface area (Å²) in [7, 11) is 0. The fraction of sp³-hybridized carbons (Fsp3) is 0.500. The molecular formula is C12H16N4. The number of hydrogen-bond donors (Lipinski definition) is 2. The molecule has 0 saturated heterocycles. The fourth-order valence-corrected chi connectivity index (χ4v) is 1.89. The van der Waals surface area contributed by atoms with E-state index in [1.807, 2.05) is 6.20 Å². The number of fused-ring (bicyclic) bond motifs is 1. The molecule has 0 bridgehead atoms. The van der Waals surface area contributed by atoms with E-state index in [4.69, 9.17) is 5.73 Å². The Morgan fingerprint density at radius 2 is 2.19 bits per heavy atom. The summed E-state index contributed by atoms with van der Waals surface area (Å²) in [5.74, 6) is 1.38. The van der Waals surface area contributed by atoms with E-state index in [2.05, 4.69) is 34.9 Å². The summed E-state index contributed by atoms with van der Waals surface area (Å²) in [6.45, 7) is 4.23. The second-order valence-corrected chi connectivity index (χ2v) is 5.03. The molecular weight excluding hydrogens is 200 g/mol. The average molecular weight is 216 g/mol. The van der Waals surface area contributed by atoms with E-state index < -0.39 is 0 Å². The number of nitrogens with zero attached hydrogens (tertiary/aromatic N) is 2. The summed E-state index contributed by atoms with van der Waals surface area (Å²) < 4.78 is 0. The number of nitrogens with two attached hydrogens (primary N) is 1. The number of aromatic amines is 1. The number of aromatic nitrogens is 3. The van der Waals surface area contributed by atoms with E-state index in [1.54, 1.807) is 0 Å². The molecule has 84 valence electrons. The smallest absolute Gasteiger partial charge is 0.177 e. The van der Waals surface area contributed by atoms with Crippen molar-refractivity contribution in [2.24, 2.45) is 5.73 Å². The molecule has 0 radical (unpaired) electrons. The van der Waals surface area contributed by atoms with Gasteiger partial charge in [0.2, 0.25) is 0 Å². The molecule has 2 aromatic heterocycles. The average Bonchev–Trinajstić information content (AvgIpc) is 2.86. The maximum absolute atomic E-state index is 6.15. The van der Waals surface area contributed by atoms with Gasteiger partial charge in [-0.05, 0) is 24.5 Å². The van der Waals surface area contributed by atoms with Crippen LogP contribution in [0.15, 0.2) is 12.3 Å². The van der Waals surface area contributed by atoms with Gasteiger partial charge in [0, 0.05) is 17.7 Å². The highest BCUT2D eigenvalue weighted by molar-refractivity contribution is 5.71. The molecule has 1 aliphatic carbocycles. The van der Waals surface area contributed by atoms with Crippen molar-refractivity contribution in [3.8, 4) is 0 Å². The monoisotopic (exact) mass is 216 g/mol. The molecule has 0 atom stereocenters. The highest BCUT2D eigenvalue weighted by Crippen LogP contribution is 2.42. The van der Waals surface area contributed by atoms with Crippen LogP contribution in [-0.4, -0.2) is 15.0 Å². The Morgan fingerprint density at radius 3 is 2.81 bits per heavy atom. The normalized spacial score (nSPS) is 18.2. The zero-order valence-electron chi connectivity index (χ0n) is 9.62. The SMILES string of the molecule is CC(C)c1nc2ncc(C3(N)CC3)cc2[nH]1. The Hall–Kier alpha value is -1.42. The second kappa shape index (κ2) is 3.04. The number of pyridine rings is 1. The Kier molecular flexibility index (Phi) is 1.86. The molecule has 16 heavy (non-hydrogen) atoms. The number of H-pyrrole nitrogens is 1. The van der Waals surface area contributed by atoms with Gasteiger partial charge in [0.25, 0.3) is 0 Å². The minimum atomic E-state index is -0.121. The van der Waals surface area contributed by atoms with E-state index in [0.717, 1.165) is 35.4 Å². The highest BCUT2D eigenvalue weighted by atomic mass is 15.0. The summed E-state index contributed by atoms with van der Waals surface area (Å²) in [5.41, 5.74) is 8.94. The van der Waals surface area contributed by atoms with Crippen molar-refractivity contribution in [2.75, 3.05) is 0 Å². The zero-order chi connectivity index (χ0) is 11.3. The lowest BCUT2D eigenvalue weighted by molar-refractivity contribution is 0.737. The van der Waals surface area contributed by atoms with Gasteiger partial charge in [0.05, 0.1) is 5.52 Å². The van der Waals surface area contributed by atoms with E-state index >= 15 is 0 Å². The van der Waals surface area contributed by atoms with Crippen molar-refractivity contribution in [1.29, 1.82) is 0 Å². The third-order valence-electron chi connectivity index (χ3n) is 3.27. The van der Waals surface area contributed by atoms with Crippen LogP contribution in [0.25, 0.3) is 11.2 Å². The van der Waals surface area contributed by atoms with Crippen LogP contribution in [0.4, 0.5) is 0 Å². The molecule has 1 aliphatic rings. The van der Waals surface area contributed by atoms with E-state index in [9.17, 15) is 0 Å². The first-order valence-corrected chi connectivity index (χ1v) is 5.73. The van der Waals surface area contributed by atoms with Crippen LogP contribution in [0.2, 0.25) is 0 Å². The highest BCUT2D eigenvalue weighted by Gasteiger charge is 2.40. The lowest BCUT2D eigenvalue weighted by Gasteiger charge is -2.06. The van der Waals surface area contributed by atoms with Crippen LogP contribution in [0.3, 0.4) is 0 Å². The number of hydrogen-bond acceptors (Lipinski definition) is 3. The number of rotatable bonds is 2. The van der Waals surface area contributed by atoms with E-state index in [-0.39, 0.29) is 5.54 Å². The van der Waals surface area contributed by atoms with Gasteiger partial charge in [-0.15, -0.1) is 0 Å². The zero-order valence-corrected chi connectivity index (χ0v) is 9.62. The first-order valence-electron chi connectivity index (χ1n) is 5.73. The fourth-order valence-electron chi connectivity index (χ4n) is 1.89. The Bertz CT molecular complexity index is 537. The molecule has 3 N–H and O–H groups in total. The Balaban J connectivity index is 2.10. The third kappa shape index (κ3) is 1.41. The van der Waals surface area contributed by atoms with Crippen molar-refractivity contribution in [2.45, 2.75) is 38.1 Å². The van der Waals surface area contributed by atoms with Gasteiger partial charge in [0.15, 0.2) is 5.65 Å². The molecule has 4 nitrogen and oxygen atoms in total. The van der Waals surface area contributed by atoms with Crippen molar-refractivity contribution >= 4 is 11.2 Å². The van der Waals surface area contributed by atoms with Crippen LogP contribution < -0.4 is 5.73 Å². The molecule has 1 saturated carbocycles. The summed E-state index contributed by atoms with van der Waals surface area (Å²) in [5, 5.41) is 0. The maximum atomic E-state index is 6.15. The minimum absolute atomic E-state index is 0.121. The van der Waals surface area contributed by atoms with Crippen LogP contribution in [-0.2, 0) is 5.54 Å². The van der Waals surface area contributed by atoms with Gasteiger partial charge < -0.3 is 10.7 Å². The topological polar surface area (TPSA) is 67.6 Å². The number of imidazole rings is 1. The van der Waals surface area contributed by atoms with E-state index in [0.29, 0.717) is 5.92 Å². The molecule has 0 aromatic carbocycles. The molecule has 0 aliphatic heterocycles. The standard InChI is InChI=1S/C12H16N4/c1-7(2)10-15-9-5-8(12(13)3-4-12)6-14-11(9)16-10/h5-7H,3-4,13H2,1-2H3,(H,14,15,16). The quantitative estimate of drug-likeness (QED) is 0.807. The molecule has 0 unspecified atom stereocenters. The van der Waals surface area contributed by atoms with E-state index in [1.165, 1.54) is 0 Å². The molecule has 2 heterocycles. The van der Waals surface area contributed by atoms with Gasteiger partial charge in [-0.1, -0.05) is 13.8 Å². The Morgan fingerprint density at radius 1 is 1.44 bits per heavy atom. The predicted octanol–water partition coefficient (Wildman–Crippen LogP) is 2.03. The molecule has 0 amide bonds. The maximum Gasteiger partial charge on any atom is 0.177 e. The lowest BCUT2D eigenvalue weighted by Crippen LogP contribution is -2.18. The van der Waals surface area contributed by atoms with Crippen molar-refractivity contribution < 1.29 is 0 Å². The number of nitrogens with one attached hydrogen (secondary N) is 1. The van der Waals surface area contributed by atoms with Gasteiger partial charge in [-0.25, -0.2) is 9.97 Å². The van der Waals surface area contributed by atoms with Crippen molar-refractivity contribution in [1.82, 2.24) is 15.0 Å². The summed E-state index contributed by atoms with van der Waals surface area (Å²) in [6, 6.07) is 2.09. The lowest BCUT2D eigenvalue weighted by atomic mass is 10.1. The molecule has 4 heteroatoms. The summed E-state index contributed by atoms with van der Waals surface area (Å²) in [4.78, 5) is 12.1. The van der Waals surface area contributed by atoms with Gasteiger partial charge in [0.1, 0.15) is 5.82 Å². The summed E-state index contributed by atoms with van der Waals surface area (Å²) >= 11 is 0. The van der Waals surface area contributed by atoms with Gasteiger partial charge in [-0.3, -0.25) is 0 Å². The van der Waals surface area contributed by atoms with Crippen LogP contribution >= 0.6 is 0 Å². The third-order valence-corrected chi connectivity index (χ3v) is 3.27. The first kappa shape index (κ1) is 9.78. The predicted molar refractivity (Wildman–Crippen MR) is 63.1 cm³/mol. The molecule has 1 fully saturated rings. The van der Waals surface area contributed by atoms with Crippen LogP contribution in [0.1, 0.15) is 44.0 Å². The van der Waals surface area contributed by atoms with Crippen molar-refractivity contribution in [3.05, 3.63) is 23.7 Å². The molecule has 3 rings (SSSR count). The second-order valence-electron chi connectivity index (χ2n) is 5.03. The van der Waals surface area contributed by atoms with Gasteiger partial charge >= 0.3 is 0 Å². The van der Waals surface area contributed by atoms with Crippen LogP contribution in [0.5, 0.6) is 0 Å². The minimum Gasteiger partial charge on any atom is -0.340 e. The molecule has 2 aromatic rings. The van der Waals surface area contributed by atoms with Gasteiger partial charge in [-0.2, -0.15) is 0 Å².